The third kappa shape index (κ3) is 4.57. The van der Waals surface area contributed by atoms with E-state index in [4.69, 9.17) is 21.9 Å². The molecule has 2 rings (SSSR count). The van der Waals surface area contributed by atoms with Crippen molar-refractivity contribution < 1.29 is 31.5 Å². The maximum Gasteiger partial charge on any atom is 0.306 e. The van der Waals surface area contributed by atoms with Crippen molar-refractivity contribution in [3.05, 3.63) is 35.3 Å². The van der Waals surface area contributed by atoms with E-state index in [1.807, 2.05) is 0 Å². The van der Waals surface area contributed by atoms with E-state index in [-0.39, 0.29) is 11.1 Å². The molecule has 0 radical (unpaired) electrons. The maximum absolute atomic E-state index is 12.8. The van der Waals surface area contributed by atoms with Crippen LogP contribution in [0.1, 0.15) is 59.1 Å². The van der Waals surface area contributed by atoms with Crippen LogP contribution in [0.15, 0.2) is 24.2 Å². The van der Waals surface area contributed by atoms with Gasteiger partial charge in [-0.2, -0.15) is 0 Å². The predicted octanol–water partition coefficient (Wildman–Crippen LogP) is 3.20. The summed E-state index contributed by atoms with van der Waals surface area (Å²) in [6, 6.07) is -2.22. The van der Waals surface area contributed by atoms with Crippen LogP contribution in [0.3, 0.4) is 0 Å². The van der Waals surface area contributed by atoms with E-state index >= 15 is 0 Å². The van der Waals surface area contributed by atoms with Gasteiger partial charge < -0.3 is 9.64 Å². The number of rotatable bonds is 5. The second kappa shape index (κ2) is 7.08. The Hall–Kier alpha value is -1.35. The first-order valence-electron chi connectivity index (χ1n) is 14.3. The fourth-order valence-corrected chi connectivity index (χ4v) is 2.14. The van der Waals surface area contributed by atoms with Crippen LogP contribution in [0, 0.1) is 12.3 Å². The van der Waals surface area contributed by atoms with Gasteiger partial charge in [0.2, 0.25) is 0 Å². The minimum atomic E-state index is -3.51. The topological polar surface area (TPSA) is 29.5 Å². The molecule has 1 heterocycles. The smallest absolute Gasteiger partial charge is 0.306 e. The zero-order chi connectivity index (χ0) is 29.2. The van der Waals surface area contributed by atoms with Crippen LogP contribution in [0.4, 0.5) is 0 Å². The number of hydrogen-bond donors (Lipinski definition) is 0. The van der Waals surface area contributed by atoms with E-state index in [2.05, 4.69) is 4.74 Å². The number of ether oxygens (including phenoxy) is 1. The monoisotopic (exact) mass is 305 g/mol. The van der Waals surface area contributed by atoms with Crippen LogP contribution in [0.25, 0.3) is 0 Å². The molecule has 0 N–H and O–H groups in total. The Labute approximate surface area is 150 Å². The second-order valence-electron chi connectivity index (χ2n) is 4.82. The Bertz CT molecular complexity index is 1010. The molecule has 0 atom stereocenters. The summed E-state index contributed by atoms with van der Waals surface area (Å²) in [7, 11) is 0. The third-order valence-electron chi connectivity index (χ3n) is 3.11. The normalized spacial score (nSPS) is 36.2. The van der Waals surface area contributed by atoms with Crippen LogP contribution < -0.4 is 0 Å². The molecular weight excluding hydrogens is 262 g/mol. The standard InChI is InChI=1S/C18H27NO2/c1-4-21-17(20)14-18(8-10-19(3)11-9-18)13-16-7-5-6-15(2)12-16/h5-7,12H,4,8-11,13-14H2,1-3H3/i1D3,3D3,4D2,5D,6D,7D,8D2,9D2,12D. The molecule has 0 bridgehead atoms. The minimum absolute atomic E-state index is 0.0616. The van der Waals surface area contributed by atoms with E-state index in [1.54, 1.807) is 0 Å². The molecule has 1 fully saturated rings. The lowest BCUT2D eigenvalue weighted by Gasteiger charge is -2.40. The van der Waals surface area contributed by atoms with Crippen molar-refractivity contribution in [3.8, 4) is 0 Å². The highest BCUT2D eigenvalue weighted by Gasteiger charge is 2.36. The van der Waals surface area contributed by atoms with Gasteiger partial charge in [-0.1, -0.05) is 29.7 Å². The molecule has 0 unspecified atom stereocenters. The summed E-state index contributed by atoms with van der Waals surface area (Å²) in [5, 5.41) is 0. The van der Waals surface area contributed by atoms with Crippen LogP contribution >= 0.6 is 0 Å². The number of carbonyl (C=O) groups excluding carboxylic acids is 1. The summed E-state index contributed by atoms with van der Waals surface area (Å²) in [5.74, 6) is -1.63. The van der Waals surface area contributed by atoms with Crippen molar-refractivity contribution in [1.82, 2.24) is 4.90 Å². The van der Waals surface area contributed by atoms with Crippen molar-refractivity contribution in [3.63, 3.8) is 0 Å². The van der Waals surface area contributed by atoms with Gasteiger partial charge in [0, 0.05) is 13.7 Å². The van der Waals surface area contributed by atoms with Gasteiger partial charge in [0.1, 0.15) is 0 Å². The summed E-state index contributed by atoms with van der Waals surface area (Å²) < 4.78 is 131. The molecule has 0 saturated carbocycles. The van der Waals surface area contributed by atoms with Crippen LogP contribution in [0.5, 0.6) is 0 Å². The molecule has 1 saturated heterocycles. The van der Waals surface area contributed by atoms with Gasteiger partial charge >= 0.3 is 5.97 Å². The van der Waals surface area contributed by atoms with Gasteiger partial charge in [-0.05, 0) is 64.0 Å². The van der Waals surface area contributed by atoms with E-state index in [0.29, 0.717) is 4.90 Å². The van der Waals surface area contributed by atoms with Crippen LogP contribution in [-0.4, -0.2) is 37.5 Å². The number of hydrogen-bond acceptors (Lipinski definition) is 3. The number of benzene rings is 1. The van der Waals surface area contributed by atoms with Crippen LogP contribution in [0.2, 0.25) is 0 Å². The van der Waals surface area contributed by atoms with Gasteiger partial charge in [0.05, 0.1) is 21.2 Å². The van der Waals surface area contributed by atoms with Gasteiger partial charge in [-0.25, -0.2) is 0 Å². The summed E-state index contributed by atoms with van der Waals surface area (Å²) >= 11 is 0. The van der Waals surface area contributed by atoms with Gasteiger partial charge in [0.25, 0.3) is 0 Å². The quantitative estimate of drug-likeness (QED) is 0.782. The molecular formula is C18H27NO2. The van der Waals surface area contributed by atoms with Crippen molar-refractivity contribution >= 4 is 5.97 Å². The molecule has 0 aromatic heterocycles. The summed E-state index contributed by atoms with van der Waals surface area (Å²) in [6.07, 6.45) is -7.93. The van der Waals surface area contributed by atoms with Crippen molar-refractivity contribution in [2.75, 3.05) is 26.6 Å². The van der Waals surface area contributed by atoms with E-state index < -0.39 is 94.6 Å². The highest BCUT2D eigenvalue weighted by atomic mass is 16.5. The highest BCUT2D eigenvalue weighted by Crippen LogP contribution is 2.38. The van der Waals surface area contributed by atoms with Gasteiger partial charge in [-0.3, -0.25) is 4.79 Å². The molecule has 3 nitrogen and oxygen atoms in total. The van der Waals surface area contributed by atoms with Crippen molar-refractivity contribution in [2.24, 2.45) is 5.41 Å². The van der Waals surface area contributed by atoms with E-state index in [1.165, 1.54) is 6.92 Å². The summed E-state index contributed by atoms with van der Waals surface area (Å²) in [6.45, 7) is -10.4. The first-order chi connectivity index (χ1) is 16.3. The zero-order valence-corrected chi connectivity index (χ0v) is 11.6. The van der Waals surface area contributed by atoms with Crippen molar-refractivity contribution in [2.45, 2.75) is 39.4 Å². The molecule has 1 aromatic rings. The Balaban J connectivity index is 2.76. The molecule has 0 amide bonds. The molecule has 1 aliphatic rings. The zero-order valence-electron chi connectivity index (χ0n) is 27.6. The Kier molecular flexibility index (Phi) is 1.72. The summed E-state index contributed by atoms with van der Waals surface area (Å²) in [4.78, 5) is 13.4. The molecule has 116 valence electrons. The van der Waals surface area contributed by atoms with Gasteiger partial charge in [-0.15, -0.1) is 0 Å². The SMILES string of the molecule is [2H]c1c([2H])c(C)c([2H])c(CC2(CC(=O)OC([2H])([2H])C([2H])([2H])[2H])C([2H])([2H])CN(C([2H])([2H])[2H])CC2([2H])[2H])c1[2H]. The molecule has 21 heavy (non-hydrogen) atoms. The van der Waals surface area contributed by atoms with Crippen molar-refractivity contribution in [1.29, 1.82) is 0 Å². The lowest BCUT2D eigenvalue weighted by atomic mass is 9.71. The average Bonchev–Trinajstić information content (AvgIpc) is 2.69. The highest BCUT2D eigenvalue weighted by molar-refractivity contribution is 5.70. The largest absolute Gasteiger partial charge is 0.466 e. The molecule has 1 aliphatic heterocycles. The average molecular weight is 306 g/mol. The summed E-state index contributed by atoms with van der Waals surface area (Å²) in [5.41, 5.74) is -3.02. The van der Waals surface area contributed by atoms with E-state index in [0.717, 1.165) is 0 Å². The predicted molar refractivity (Wildman–Crippen MR) is 85.3 cm³/mol. The van der Waals surface area contributed by atoms with Crippen LogP contribution in [-0.2, 0) is 16.0 Å². The number of piperidine rings is 1. The number of likely N-dealkylation sites (tertiary alicyclic amines) is 1. The second-order valence-corrected chi connectivity index (χ2v) is 4.82. The first kappa shape index (κ1) is 5.09. The van der Waals surface area contributed by atoms with Gasteiger partial charge in [0.15, 0.2) is 0 Å². The molecule has 0 spiro atoms. The molecule has 0 aliphatic carbocycles. The Morgan fingerprint density at radius 2 is 2.38 bits per heavy atom. The maximum atomic E-state index is 12.8. The fourth-order valence-electron chi connectivity index (χ4n) is 2.14. The Morgan fingerprint density at radius 1 is 1.57 bits per heavy atom. The fraction of sp³-hybridized carbons (Fsp3) is 0.611. The van der Waals surface area contributed by atoms with E-state index in [9.17, 15) is 4.79 Å². The molecule has 3 heteroatoms. The lowest BCUT2D eigenvalue weighted by molar-refractivity contribution is -0.146. The third-order valence-corrected chi connectivity index (χ3v) is 3.11. The molecule has 1 aromatic carbocycles. The number of nitrogens with zero attached hydrogens (tertiary/aromatic N) is 1. The minimum Gasteiger partial charge on any atom is -0.466 e. The Morgan fingerprint density at radius 3 is 3.10 bits per heavy atom. The lowest BCUT2D eigenvalue weighted by Crippen LogP contribution is -2.40. The number of carbonyl (C=O) groups is 1. The first-order valence-corrected chi connectivity index (χ1v) is 6.34. The number of esters is 1.